The minimum atomic E-state index is -0.740. The molecule has 1 aromatic carbocycles. The molecule has 3 nitrogen and oxygen atoms in total. The van der Waals surface area contributed by atoms with Crippen LogP contribution in [0.3, 0.4) is 0 Å². The zero-order chi connectivity index (χ0) is 11.0. The Bertz CT molecular complexity index is 577. The molecule has 3 N–H and O–H groups in total. The van der Waals surface area contributed by atoms with Gasteiger partial charge in [-0.15, -0.1) is 0 Å². The second-order valence-corrected chi connectivity index (χ2v) is 3.14. The number of aromatic nitrogens is 1. The molecule has 2 rings (SSSR count). The van der Waals surface area contributed by atoms with Crippen LogP contribution in [-0.4, -0.2) is 4.98 Å². The fraction of sp³-hybridized carbons (Fsp3) is 0.100. The van der Waals surface area contributed by atoms with Gasteiger partial charge >= 0.3 is 0 Å². The minimum Gasteiger partial charge on any atom is -0.355 e. The van der Waals surface area contributed by atoms with Gasteiger partial charge in [0.2, 0.25) is 0 Å². The van der Waals surface area contributed by atoms with E-state index >= 15 is 0 Å². The molecule has 78 valence electrons. The smallest absolute Gasteiger partial charge is 0.192 e. The Morgan fingerprint density at radius 1 is 1.27 bits per heavy atom. The van der Waals surface area contributed by atoms with Gasteiger partial charge in [-0.1, -0.05) is 0 Å². The van der Waals surface area contributed by atoms with Crippen LogP contribution < -0.4 is 11.2 Å². The Morgan fingerprint density at radius 3 is 2.60 bits per heavy atom. The van der Waals surface area contributed by atoms with Crippen molar-refractivity contribution in [2.75, 3.05) is 0 Å². The van der Waals surface area contributed by atoms with Crippen LogP contribution in [0, 0.1) is 11.6 Å². The maximum absolute atomic E-state index is 13.3. The lowest BCUT2D eigenvalue weighted by Gasteiger charge is -2.03. The van der Waals surface area contributed by atoms with E-state index < -0.39 is 17.1 Å². The van der Waals surface area contributed by atoms with Crippen LogP contribution >= 0.6 is 0 Å². The number of hydrogen-bond donors (Lipinski definition) is 2. The largest absolute Gasteiger partial charge is 0.355 e. The van der Waals surface area contributed by atoms with Gasteiger partial charge in [0, 0.05) is 18.3 Å². The van der Waals surface area contributed by atoms with Gasteiger partial charge in [0.25, 0.3) is 0 Å². The number of fused-ring (bicyclic) bond motifs is 1. The summed E-state index contributed by atoms with van der Waals surface area (Å²) in [4.78, 5) is 14.0. The quantitative estimate of drug-likeness (QED) is 0.744. The summed E-state index contributed by atoms with van der Waals surface area (Å²) in [6, 6.07) is 3.06. The first kappa shape index (κ1) is 9.79. The monoisotopic (exact) mass is 210 g/mol. The zero-order valence-corrected chi connectivity index (χ0v) is 7.68. The summed E-state index contributed by atoms with van der Waals surface area (Å²) in [5.74, 6) is -1.41. The minimum absolute atomic E-state index is 0.0706. The lowest BCUT2D eigenvalue weighted by Crippen LogP contribution is -2.10. The molecule has 0 atom stereocenters. The van der Waals surface area contributed by atoms with E-state index in [0.29, 0.717) is 5.69 Å². The maximum atomic E-state index is 13.3. The van der Waals surface area contributed by atoms with Gasteiger partial charge in [0.05, 0.1) is 10.9 Å². The van der Waals surface area contributed by atoms with Crippen LogP contribution in [0.5, 0.6) is 0 Å². The molecule has 0 fully saturated rings. The van der Waals surface area contributed by atoms with Gasteiger partial charge in [0.15, 0.2) is 5.43 Å². The normalized spacial score (nSPS) is 10.9. The van der Waals surface area contributed by atoms with Crippen molar-refractivity contribution in [3.63, 3.8) is 0 Å². The Hall–Kier alpha value is -1.75. The Kier molecular flexibility index (Phi) is 2.24. The lowest BCUT2D eigenvalue weighted by atomic mass is 10.1. The summed E-state index contributed by atoms with van der Waals surface area (Å²) in [6.45, 7) is 0.0706. The van der Waals surface area contributed by atoms with E-state index in [1.807, 2.05) is 0 Å². The standard InChI is InChI=1S/C10H8F2N2O/c11-6-1-2-7(12)10-9(6)8(15)3-5(4-13)14-10/h1-3H,4,13H2,(H,14,15). The molecule has 5 heteroatoms. The van der Waals surface area contributed by atoms with Crippen molar-refractivity contribution >= 4 is 10.9 Å². The molecule has 1 aromatic heterocycles. The van der Waals surface area contributed by atoms with E-state index in [-0.39, 0.29) is 17.4 Å². The maximum Gasteiger partial charge on any atom is 0.192 e. The number of rotatable bonds is 1. The summed E-state index contributed by atoms with van der Waals surface area (Å²) in [7, 11) is 0. The molecule has 0 bridgehead atoms. The first-order valence-corrected chi connectivity index (χ1v) is 4.33. The molecular formula is C10H8F2N2O. The molecule has 1 heterocycles. The van der Waals surface area contributed by atoms with Gasteiger partial charge in [-0.05, 0) is 12.1 Å². The number of halogens is 2. The fourth-order valence-electron chi connectivity index (χ4n) is 1.45. The highest BCUT2D eigenvalue weighted by molar-refractivity contribution is 5.79. The van der Waals surface area contributed by atoms with Gasteiger partial charge < -0.3 is 10.7 Å². The highest BCUT2D eigenvalue weighted by atomic mass is 19.1. The van der Waals surface area contributed by atoms with E-state index in [1.54, 1.807) is 0 Å². The Balaban J connectivity index is 2.97. The second kappa shape index (κ2) is 3.43. The highest BCUT2D eigenvalue weighted by Crippen LogP contribution is 2.15. The average Bonchev–Trinajstić information content (AvgIpc) is 2.23. The molecule has 0 aliphatic rings. The van der Waals surface area contributed by atoms with Crippen molar-refractivity contribution in [1.29, 1.82) is 0 Å². The molecule has 0 spiro atoms. The summed E-state index contributed by atoms with van der Waals surface area (Å²) >= 11 is 0. The SMILES string of the molecule is NCc1cc(=O)c2c(F)ccc(F)c2[nH]1. The predicted molar refractivity (Wildman–Crippen MR) is 52.4 cm³/mol. The van der Waals surface area contributed by atoms with Crippen LogP contribution in [0.25, 0.3) is 10.9 Å². The number of nitrogens with one attached hydrogen (secondary N) is 1. The highest BCUT2D eigenvalue weighted by Gasteiger charge is 2.10. The number of hydrogen-bond acceptors (Lipinski definition) is 2. The average molecular weight is 210 g/mol. The third-order valence-electron chi connectivity index (χ3n) is 2.16. The van der Waals surface area contributed by atoms with E-state index in [2.05, 4.69) is 4.98 Å². The number of benzene rings is 1. The van der Waals surface area contributed by atoms with Crippen molar-refractivity contribution in [3.8, 4) is 0 Å². The van der Waals surface area contributed by atoms with Gasteiger partial charge in [-0.3, -0.25) is 4.79 Å². The van der Waals surface area contributed by atoms with Gasteiger partial charge in [-0.25, -0.2) is 8.78 Å². The molecule has 0 saturated carbocycles. The molecule has 2 aromatic rings. The Labute approximate surface area is 83.5 Å². The first-order valence-electron chi connectivity index (χ1n) is 4.33. The molecular weight excluding hydrogens is 202 g/mol. The van der Waals surface area contributed by atoms with E-state index in [1.165, 1.54) is 6.07 Å². The van der Waals surface area contributed by atoms with Crippen LogP contribution in [0.15, 0.2) is 23.0 Å². The molecule has 0 amide bonds. The summed E-state index contributed by atoms with van der Waals surface area (Å²) in [6.07, 6.45) is 0. The van der Waals surface area contributed by atoms with Crippen molar-refractivity contribution < 1.29 is 8.78 Å². The van der Waals surface area contributed by atoms with Crippen molar-refractivity contribution in [2.45, 2.75) is 6.54 Å². The third-order valence-corrected chi connectivity index (χ3v) is 2.16. The van der Waals surface area contributed by atoms with E-state index in [9.17, 15) is 13.6 Å². The summed E-state index contributed by atoms with van der Waals surface area (Å²) < 4.78 is 26.5. The molecule has 0 saturated heterocycles. The molecule has 0 aliphatic heterocycles. The number of H-pyrrole nitrogens is 1. The molecule has 15 heavy (non-hydrogen) atoms. The fourth-order valence-corrected chi connectivity index (χ4v) is 1.45. The molecule has 0 aliphatic carbocycles. The third kappa shape index (κ3) is 1.50. The van der Waals surface area contributed by atoms with Crippen LogP contribution in [-0.2, 0) is 6.54 Å². The first-order chi connectivity index (χ1) is 7.13. The number of pyridine rings is 1. The van der Waals surface area contributed by atoms with Crippen LogP contribution in [0.2, 0.25) is 0 Å². The van der Waals surface area contributed by atoms with Crippen LogP contribution in [0.4, 0.5) is 8.78 Å². The topological polar surface area (TPSA) is 58.9 Å². The van der Waals surface area contributed by atoms with E-state index in [4.69, 9.17) is 5.73 Å². The van der Waals surface area contributed by atoms with Crippen LogP contribution in [0.1, 0.15) is 5.69 Å². The number of aromatic amines is 1. The van der Waals surface area contributed by atoms with Crippen molar-refractivity contribution in [2.24, 2.45) is 5.73 Å². The lowest BCUT2D eigenvalue weighted by molar-refractivity contribution is 0.614. The summed E-state index contributed by atoms with van der Waals surface area (Å²) in [5.41, 5.74) is 4.98. The summed E-state index contributed by atoms with van der Waals surface area (Å²) in [5, 5.41) is -0.271. The van der Waals surface area contributed by atoms with Gasteiger partial charge in [0.1, 0.15) is 11.6 Å². The predicted octanol–water partition coefficient (Wildman–Crippen LogP) is 1.26. The number of nitrogens with two attached hydrogens (primary N) is 1. The Morgan fingerprint density at radius 2 is 1.93 bits per heavy atom. The zero-order valence-electron chi connectivity index (χ0n) is 7.68. The molecule has 0 radical (unpaired) electrons. The van der Waals surface area contributed by atoms with Crippen molar-refractivity contribution in [1.82, 2.24) is 4.98 Å². The molecule has 0 unspecified atom stereocenters. The van der Waals surface area contributed by atoms with Gasteiger partial charge in [-0.2, -0.15) is 0 Å². The van der Waals surface area contributed by atoms with Crippen molar-refractivity contribution in [3.05, 3.63) is 45.8 Å². The van der Waals surface area contributed by atoms with E-state index in [0.717, 1.165) is 12.1 Å². The second-order valence-electron chi connectivity index (χ2n) is 3.14.